The first kappa shape index (κ1) is 20.3. The lowest BCUT2D eigenvalue weighted by atomic mass is 9.60. The van der Waals surface area contributed by atoms with Crippen LogP contribution in [-0.2, 0) is 0 Å². The Morgan fingerprint density at radius 1 is 0.370 bits per heavy atom. The van der Waals surface area contributed by atoms with Gasteiger partial charge in [0, 0.05) is 0 Å². The lowest BCUT2D eigenvalue weighted by molar-refractivity contribution is 0.0535. The molecule has 0 bridgehead atoms. The third-order valence-electron chi connectivity index (χ3n) is 10.2. The normalized spacial score (nSPS) is 49.7. The molecule has 0 saturated heterocycles. The third-order valence-corrected chi connectivity index (χ3v) is 10.2. The molecule has 0 spiro atoms. The van der Waals surface area contributed by atoms with Crippen molar-refractivity contribution >= 4 is 0 Å². The second-order valence-corrected chi connectivity index (χ2v) is 11.9. The first-order valence-electron chi connectivity index (χ1n) is 13.1. The van der Waals surface area contributed by atoms with E-state index < -0.39 is 0 Å². The van der Waals surface area contributed by atoms with E-state index in [0.717, 1.165) is 53.3 Å². The monoisotopic (exact) mass is 372 g/mol. The predicted octanol–water partition coefficient (Wildman–Crippen LogP) is 8.50. The van der Waals surface area contributed by atoms with Crippen LogP contribution >= 0.6 is 0 Å². The quantitative estimate of drug-likeness (QED) is 0.466. The Morgan fingerprint density at radius 3 is 1.22 bits per heavy atom. The van der Waals surface area contributed by atoms with Gasteiger partial charge in [0.25, 0.3) is 0 Å². The summed E-state index contributed by atoms with van der Waals surface area (Å²) in [4.78, 5) is 0. The maximum Gasteiger partial charge on any atom is -0.0360 e. The van der Waals surface area contributed by atoms with Crippen molar-refractivity contribution in [3.05, 3.63) is 0 Å². The van der Waals surface area contributed by atoms with Crippen molar-refractivity contribution in [3.63, 3.8) is 0 Å². The van der Waals surface area contributed by atoms with Crippen molar-refractivity contribution in [2.24, 2.45) is 53.3 Å². The fourth-order valence-electron chi connectivity index (χ4n) is 8.15. The zero-order chi connectivity index (χ0) is 18.8. The first-order chi connectivity index (χ1) is 13.1. The van der Waals surface area contributed by atoms with Crippen LogP contribution in [-0.4, -0.2) is 0 Å². The molecule has 3 atom stereocenters. The summed E-state index contributed by atoms with van der Waals surface area (Å²) in [6.07, 6.45) is 23.3. The minimum atomic E-state index is 1.01. The second kappa shape index (κ2) is 9.21. The van der Waals surface area contributed by atoms with E-state index in [0.29, 0.717) is 0 Å². The molecule has 0 radical (unpaired) electrons. The summed E-state index contributed by atoms with van der Waals surface area (Å²) < 4.78 is 0. The van der Waals surface area contributed by atoms with Crippen molar-refractivity contribution < 1.29 is 0 Å². The Hall–Kier alpha value is 0. The highest BCUT2D eigenvalue weighted by molar-refractivity contribution is 4.89. The minimum Gasteiger partial charge on any atom is -0.0625 e. The van der Waals surface area contributed by atoms with Gasteiger partial charge in [-0.3, -0.25) is 0 Å². The Balaban J connectivity index is 1.22. The number of rotatable bonds is 3. The van der Waals surface area contributed by atoms with Crippen LogP contribution in [0.2, 0.25) is 0 Å². The summed E-state index contributed by atoms with van der Waals surface area (Å²) >= 11 is 0. The Bertz CT molecular complexity index is 429. The highest BCUT2D eigenvalue weighted by Crippen LogP contribution is 2.49. The Kier molecular flexibility index (Phi) is 6.92. The summed E-state index contributed by atoms with van der Waals surface area (Å²) in [7, 11) is 0. The zero-order valence-electron chi connectivity index (χ0n) is 18.8. The highest BCUT2D eigenvalue weighted by atomic mass is 14.4. The average Bonchev–Trinajstić information content (AvgIpc) is 2.69. The molecule has 0 nitrogen and oxygen atoms in total. The van der Waals surface area contributed by atoms with Gasteiger partial charge in [0.1, 0.15) is 0 Å². The summed E-state index contributed by atoms with van der Waals surface area (Å²) in [5, 5.41) is 0. The molecule has 4 aliphatic rings. The van der Waals surface area contributed by atoms with Crippen molar-refractivity contribution in [1.29, 1.82) is 0 Å². The van der Waals surface area contributed by atoms with E-state index >= 15 is 0 Å². The van der Waals surface area contributed by atoms with Gasteiger partial charge in [-0.2, -0.15) is 0 Å². The standard InChI is InChI=1S/C27H48/c1-19-4-8-22(9-5-19)23-12-14-25(15-13-23)27-17-16-26(18-21(27)3)24-10-6-20(2)7-11-24/h19-27H,4-18H2,1-3H3. The Morgan fingerprint density at radius 2 is 0.741 bits per heavy atom. The van der Waals surface area contributed by atoms with Crippen LogP contribution in [0.3, 0.4) is 0 Å². The predicted molar refractivity (Wildman–Crippen MR) is 118 cm³/mol. The van der Waals surface area contributed by atoms with Crippen LogP contribution in [0.25, 0.3) is 0 Å². The maximum atomic E-state index is 2.64. The summed E-state index contributed by atoms with van der Waals surface area (Å²) in [5.41, 5.74) is 0. The molecule has 0 N–H and O–H groups in total. The van der Waals surface area contributed by atoms with Crippen LogP contribution < -0.4 is 0 Å². The third kappa shape index (κ3) is 4.95. The molecule has 0 amide bonds. The molecule has 4 rings (SSSR count). The molecule has 0 heteroatoms. The summed E-state index contributed by atoms with van der Waals surface area (Å²) in [6, 6.07) is 0. The van der Waals surface area contributed by atoms with E-state index in [-0.39, 0.29) is 0 Å². The Labute approximate surface area is 170 Å². The fourth-order valence-corrected chi connectivity index (χ4v) is 8.15. The van der Waals surface area contributed by atoms with Crippen molar-refractivity contribution in [1.82, 2.24) is 0 Å². The summed E-state index contributed by atoms with van der Waals surface area (Å²) in [6.45, 7) is 7.58. The topological polar surface area (TPSA) is 0 Å². The van der Waals surface area contributed by atoms with E-state index in [9.17, 15) is 0 Å². The molecule has 4 saturated carbocycles. The number of hydrogen-bond acceptors (Lipinski definition) is 0. The lowest BCUT2D eigenvalue weighted by Gasteiger charge is -2.45. The van der Waals surface area contributed by atoms with Crippen LogP contribution in [0.15, 0.2) is 0 Å². The number of hydrogen-bond donors (Lipinski definition) is 0. The molecule has 0 heterocycles. The van der Waals surface area contributed by atoms with Crippen LogP contribution in [0.1, 0.15) is 117 Å². The maximum absolute atomic E-state index is 2.64. The molecule has 0 aliphatic heterocycles. The summed E-state index contributed by atoms with van der Waals surface area (Å²) in [5.74, 6) is 9.59. The second-order valence-electron chi connectivity index (χ2n) is 11.9. The van der Waals surface area contributed by atoms with Crippen molar-refractivity contribution in [2.75, 3.05) is 0 Å². The molecular formula is C27H48. The molecule has 3 unspecified atom stereocenters. The van der Waals surface area contributed by atoms with Crippen molar-refractivity contribution in [2.45, 2.75) is 117 Å². The van der Waals surface area contributed by atoms with Crippen molar-refractivity contribution in [3.8, 4) is 0 Å². The van der Waals surface area contributed by atoms with E-state index in [1.165, 1.54) is 25.7 Å². The lowest BCUT2D eigenvalue weighted by Crippen LogP contribution is -2.35. The van der Waals surface area contributed by atoms with Gasteiger partial charge in [-0.25, -0.2) is 0 Å². The minimum absolute atomic E-state index is 1.01. The van der Waals surface area contributed by atoms with Gasteiger partial charge in [-0.05, 0) is 124 Å². The van der Waals surface area contributed by atoms with Gasteiger partial charge in [0.15, 0.2) is 0 Å². The smallest absolute Gasteiger partial charge is 0.0360 e. The largest absolute Gasteiger partial charge is 0.0625 e. The SMILES string of the molecule is CC1CCC(C2CCC(C3CCC(C4CCC(C)CC4)CC3C)CC2)CC1. The van der Waals surface area contributed by atoms with Gasteiger partial charge in [-0.1, -0.05) is 46.5 Å². The van der Waals surface area contributed by atoms with E-state index in [4.69, 9.17) is 0 Å². The van der Waals surface area contributed by atoms with Gasteiger partial charge in [-0.15, -0.1) is 0 Å². The van der Waals surface area contributed by atoms with Gasteiger partial charge in [0.05, 0.1) is 0 Å². The molecular weight excluding hydrogens is 324 g/mol. The molecule has 156 valence electrons. The molecule has 4 aliphatic carbocycles. The van der Waals surface area contributed by atoms with Crippen LogP contribution in [0.5, 0.6) is 0 Å². The molecule has 0 aromatic carbocycles. The van der Waals surface area contributed by atoms with Crippen LogP contribution in [0, 0.1) is 53.3 Å². The molecule has 27 heavy (non-hydrogen) atoms. The molecule has 4 fully saturated rings. The molecule has 0 aromatic heterocycles. The zero-order valence-corrected chi connectivity index (χ0v) is 18.8. The first-order valence-corrected chi connectivity index (χ1v) is 13.1. The van der Waals surface area contributed by atoms with Gasteiger partial charge >= 0.3 is 0 Å². The van der Waals surface area contributed by atoms with Crippen LogP contribution in [0.4, 0.5) is 0 Å². The average molecular weight is 373 g/mol. The van der Waals surface area contributed by atoms with Gasteiger partial charge in [0.2, 0.25) is 0 Å². The van der Waals surface area contributed by atoms with Gasteiger partial charge < -0.3 is 0 Å². The fraction of sp³-hybridized carbons (Fsp3) is 1.00. The van der Waals surface area contributed by atoms with E-state index in [1.807, 2.05) is 0 Å². The van der Waals surface area contributed by atoms with E-state index in [2.05, 4.69) is 20.8 Å². The van der Waals surface area contributed by atoms with E-state index in [1.54, 1.807) is 70.6 Å². The molecule has 0 aromatic rings. The highest BCUT2D eigenvalue weighted by Gasteiger charge is 2.39.